The molecule has 0 aliphatic rings. The Morgan fingerprint density at radius 1 is 0.723 bits per heavy atom. The van der Waals surface area contributed by atoms with Crippen LogP contribution in [0.4, 0.5) is 16.5 Å². The van der Waals surface area contributed by atoms with E-state index in [1.807, 2.05) is 84.0 Å². The van der Waals surface area contributed by atoms with Crippen molar-refractivity contribution >= 4 is 98.9 Å². The molecule has 0 saturated heterocycles. The van der Waals surface area contributed by atoms with E-state index in [1.54, 1.807) is 18.2 Å². The monoisotopic (exact) mass is 978 g/mol. The topological polar surface area (TPSA) is 205 Å². The molecule has 0 radical (unpaired) electrons. The SMILES string of the molecule is C.C.CC(=O)O.CCS(=O)(=O)c1nc2ncn(-c3c(C)cccc3Cl)c(=O)c2s1.Cc1cc(C)cc(N)c1.Cc1cc(C)cc(Nc2nc3ncn(-c4c(C)cccc4Cl)c(=O)c3s2)c1. The fourth-order valence-electron chi connectivity index (χ4n) is 6.27. The van der Waals surface area contributed by atoms with E-state index in [9.17, 15) is 18.0 Å². The van der Waals surface area contributed by atoms with Crippen molar-refractivity contribution in [3.63, 3.8) is 0 Å². The van der Waals surface area contributed by atoms with Gasteiger partial charge in [-0.05, 0) is 111 Å². The summed E-state index contributed by atoms with van der Waals surface area (Å²) in [6.07, 6.45) is 2.81. The van der Waals surface area contributed by atoms with Gasteiger partial charge in [-0.25, -0.2) is 23.4 Å². The van der Waals surface area contributed by atoms with Gasteiger partial charge in [-0.15, -0.1) is 0 Å². The second kappa shape index (κ2) is 22.8. The molecular formula is C46H52Cl2N8O6S3. The van der Waals surface area contributed by atoms with Gasteiger partial charge in [-0.1, -0.05) is 104 Å². The first kappa shape index (κ1) is 53.4. The highest BCUT2D eigenvalue weighted by Crippen LogP contribution is 2.29. The number of rotatable bonds is 6. The van der Waals surface area contributed by atoms with E-state index in [1.165, 1.54) is 51.2 Å². The number of para-hydroxylation sites is 2. The second-order valence-corrected chi connectivity index (χ2v) is 19.6. The summed E-state index contributed by atoms with van der Waals surface area (Å²) in [5.74, 6) is -0.912. The molecule has 0 unspecified atom stereocenters. The summed E-state index contributed by atoms with van der Waals surface area (Å²) in [7, 11) is -3.48. The van der Waals surface area contributed by atoms with E-state index in [4.69, 9.17) is 38.8 Å². The molecule has 0 aliphatic carbocycles. The molecule has 65 heavy (non-hydrogen) atoms. The van der Waals surface area contributed by atoms with Gasteiger partial charge in [0.15, 0.2) is 16.4 Å². The molecule has 14 nitrogen and oxygen atoms in total. The Morgan fingerprint density at radius 2 is 1.14 bits per heavy atom. The number of hydrogen-bond acceptors (Lipinski definition) is 13. The van der Waals surface area contributed by atoms with E-state index >= 15 is 0 Å². The van der Waals surface area contributed by atoms with Gasteiger partial charge in [-0.3, -0.25) is 23.5 Å². The Bertz CT molecular complexity index is 3100. The van der Waals surface area contributed by atoms with Gasteiger partial charge in [0.25, 0.3) is 17.1 Å². The first-order valence-electron chi connectivity index (χ1n) is 19.1. The molecule has 4 N–H and O–H groups in total. The van der Waals surface area contributed by atoms with E-state index in [-0.39, 0.29) is 46.4 Å². The lowest BCUT2D eigenvalue weighted by molar-refractivity contribution is -0.134. The van der Waals surface area contributed by atoms with Crippen LogP contribution in [0.15, 0.2) is 99.4 Å². The first-order valence-corrected chi connectivity index (χ1v) is 23.1. The number of benzene rings is 4. The molecule has 4 aromatic heterocycles. The van der Waals surface area contributed by atoms with Crippen molar-refractivity contribution in [2.45, 2.75) is 74.6 Å². The van der Waals surface area contributed by atoms with Crippen LogP contribution in [0.1, 0.15) is 62.1 Å². The first-order chi connectivity index (χ1) is 29.7. The Morgan fingerprint density at radius 3 is 1.55 bits per heavy atom. The number of nitrogen functional groups attached to an aromatic ring is 1. The maximum Gasteiger partial charge on any atom is 0.300 e. The summed E-state index contributed by atoms with van der Waals surface area (Å²) in [4.78, 5) is 51.6. The molecule has 344 valence electrons. The predicted octanol–water partition coefficient (Wildman–Crippen LogP) is 11.0. The average molecular weight is 980 g/mol. The zero-order valence-corrected chi connectivity index (χ0v) is 39.5. The summed E-state index contributed by atoms with van der Waals surface area (Å²) in [6.45, 7) is 14.5. The number of aliphatic carboxylic acids is 1. The van der Waals surface area contributed by atoms with Crippen LogP contribution in [0.5, 0.6) is 0 Å². The molecule has 0 aliphatic heterocycles. The molecule has 8 rings (SSSR count). The maximum absolute atomic E-state index is 13.0. The standard InChI is InChI=1S/C20H17ClN4OS.C14H12ClN3O3S2.C8H11N.C2H4O2.2CH4/c1-11-7-12(2)9-14(8-11)23-20-24-18-17(27-20)19(26)25(10-22-18)16-13(3)5-4-6-15(16)21;1-3-23(20,21)14-17-12-11(22-14)13(19)18(7-16-12)10-8(2)5-4-6-9(10)15;1-6-3-7(2)5-8(9)4-6;1-2(3)4;;/h4-10H,1-3H3,(H,23,24);4-7H,3H2,1-2H3;3-5H,9H2,1-2H3;1H3,(H,3,4);2*1H4. The summed E-state index contributed by atoms with van der Waals surface area (Å²) in [5, 5.41) is 12.3. The van der Waals surface area contributed by atoms with Gasteiger partial charge in [0.1, 0.15) is 22.1 Å². The number of carbonyl (C=O) groups is 1. The molecule has 19 heteroatoms. The third-order valence-electron chi connectivity index (χ3n) is 8.84. The normalized spacial score (nSPS) is 10.6. The molecule has 0 bridgehead atoms. The van der Waals surface area contributed by atoms with Gasteiger partial charge >= 0.3 is 0 Å². The Balaban J connectivity index is 0.000000267. The van der Waals surface area contributed by atoms with E-state index in [0.29, 0.717) is 36.9 Å². The lowest BCUT2D eigenvalue weighted by Crippen LogP contribution is -2.19. The number of halogens is 2. The lowest BCUT2D eigenvalue weighted by Gasteiger charge is -2.10. The number of fused-ring (bicyclic) bond motifs is 2. The quantitative estimate of drug-likeness (QED) is 0.133. The third-order valence-corrected chi connectivity index (χ3v) is 13.6. The number of nitrogens with one attached hydrogen (secondary N) is 1. The van der Waals surface area contributed by atoms with Crippen molar-refractivity contribution in [1.82, 2.24) is 29.1 Å². The van der Waals surface area contributed by atoms with Gasteiger partial charge in [-0.2, -0.15) is 4.98 Å². The number of nitrogens with two attached hydrogens (primary N) is 1. The summed E-state index contributed by atoms with van der Waals surface area (Å²) in [6, 6.07) is 23.1. The van der Waals surface area contributed by atoms with Crippen LogP contribution in [0.25, 0.3) is 32.1 Å². The summed E-state index contributed by atoms with van der Waals surface area (Å²) >= 11 is 14.6. The highest BCUT2D eigenvalue weighted by Gasteiger charge is 2.21. The van der Waals surface area contributed by atoms with Crippen molar-refractivity contribution in [2.24, 2.45) is 0 Å². The molecule has 0 saturated carbocycles. The lowest BCUT2D eigenvalue weighted by atomic mass is 10.1. The molecule has 8 aromatic rings. The fraction of sp³-hybridized carbons (Fsp3) is 0.239. The summed E-state index contributed by atoms with van der Waals surface area (Å²) < 4.78 is 27.3. The zero-order valence-electron chi connectivity index (χ0n) is 35.5. The van der Waals surface area contributed by atoms with Crippen molar-refractivity contribution in [3.05, 3.63) is 150 Å². The number of nitrogens with zero attached hydrogens (tertiary/aromatic N) is 6. The van der Waals surface area contributed by atoms with Crippen molar-refractivity contribution in [2.75, 3.05) is 16.8 Å². The molecule has 4 heterocycles. The molecule has 0 atom stereocenters. The predicted molar refractivity (Wildman–Crippen MR) is 270 cm³/mol. The van der Waals surface area contributed by atoms with Crippen molar-refractivity contribution < 1.29 is 18.3 Å². The zero-order chi connectivity index (χ0) is 46.3. The highest BCUT2D eigenvalue weighted by molar-refractivity contribution is 7.93. The highest BCUT2D eigenvalue weighted by atomic mass is 35.5. The number of hydrogen-bond donors (Lipinski definition) is 3. The van der Waals surface area contributed by atoms with Gasteiger partial charge < -0.3 is 16.2 Å². The van der Waals surface area contributed by atoms with E-state index in [0.717, 1.165) is 51.9 Å². The largest absolute Gasteiger partial charge is 0.481 e. The number of aryl methyl sites for hydroxylation is 6. The number of carboxylic acid groups (broad SMARTS) is 1. The Hall–Kier alpha value is -5.98. The molecule has 0 fully saturated rings. The minimum Gasteiger partial charge on any atom is -0.481 e. The second-order valence-electron chi connectivity index (χ2n) is 14.3. The molecule has 0 spiro atoms. The van der Waals surface area contributed by atoms with Crippen molar-refractivity contribution in [3.8, 4) is 11.4 Å². The maximum atomic E-state index is 13.0. The number of thiazole rings is 2. The van der Waals surface area contributed by atoms with Crippen LogP contribution in [-0.4, -0.2) is 54.3 Å². The number of sulfone groups is 1. The Labute approximate surface area is 396 Å². The average Bonchev–Trinajstić information content (AvgIpc) is 3.82. The van der Waals surface area contributed by atoms with E-state index < -0.39 is 15.8 Å². The fourth-order valence-corrected chi connectivity index (χ4v) is 10.0. The van der Waals surface area contributed by atoms with Gasteiger partial charge in [0.05, 0.1) is 27.2 Å². The van der Waals surface area contributed by atoms with Crippen LogP contribution >= 0.6 is 45.9 Å². The number of anilines is 3. The van der Waals surface area contributed by atoms with Gasteiger partial charge in [0.2, 0.25) is 14.2 Å². The van der Waals surface area contributed by atoms with Crippen LogP contribution in [0.2, 0.25) is 10.0 Å². The van der Waals surface area contributed by atoms with Crippen LogP contribution < -0.4 is 22.2 Å². The minimum atomic E-state index is -3.48. The number of carboxylic acids is 1. The van der Waals surface area contributed by atoms with Crippen LogP contribution in [0, 0.1) is 41.5 Å². The molecule has 4 aromatic carbocycles. The van der Waals surface area contributed by atoms with Crippen LogP contribution in [-0.2, 0) is 14.6 Å². The molecular weight excluding hydrogens is 928 g/mol. The minimum absolute atomic E-state index is 0. The smallest absolute Gasteiger partial charge is 0.300 e. The Kier molecular flexibility index (Phi) is 18.7. The van der Waals surface area contributed by atoms with E-state index in [2.05, 4.69) is 37.4 Å². The number of aromatic nitrogens is 6. The molecule has 0 amide bonds. The van der Waals surface area contributed by atoms with Crippen molar-refractivity contribution in [1.29, 1.82) is 0 Å². The summed E-state index contributed by atoms with van der Waals surface area (Å²) in [5.41, 5.74) is 15.0. The van der Waals surface area contributed by atoms with Gasteiger partial charge in [0, 0.05) is 18.3 Å². The third kappa shape index (κ3) is 13.3. The van der Waals surface area contributed by atoms with Crippen LogP contribution in [0.3, 0.4) is 0 Å².